The molecule has 2 amide bonds. The number of nitriles is 1. The van der Waals surface area contributed by atoms with Crippen LogP contribution in [0.3, 0.4) is 0 Å². The summed E-state index contributed by atoms with van der Waals surface area (Å²) in [6.45, 7) is 1.16. The van der Waals surface area contributed by atoms with Gasteiger partial charge in [-0.1, -0.05) is 17.3 Å². The molecular weight excluding hydrogens is 382 g/mol. The van der Waals surface area contributed by atoms with Gasteiger partial charge in [-0.2, -0.15) is 10.2 Å². The summed E-state index contributed by atoms with van der Waals surface area (Å²) in [5.41, 5.74) is 2.02. The SMILES string of the molecule is COc1cccc(-c2noc(C3CCCN(C(=O)Nc4ccc(C#N)cc4)C3)n2)c1. The van der Waals surface area contributed by atoms with Crippen molar-refractivity contribution in [3.05, 3.63) is 60.0 Å². The number of carbonyl (C=O) groups excluding carboxylic acids is 1. The first-order valence-corrected chi connectivity index (χ1v) is 9.70. The summed E-state index contributed by atoms with van der Waals surface area (Å²) in [6, 6.07) is 16.1. The Morgan fingerprint density at radius 2 is 2.13 bits per heavy atom. The van der Waals surface area contributed by atoms with E-state index in [9.17, 15) is 4.79 Å². The second-order valence-corrected chi connectivity index (χ2v) is 7.09. The van der Waals surface area contributed by atoms with Gasteiger partial charge in [0.25, 0.3) is 0 Å². The Morgan fingerprint density at radius 3 is 2.90 bits per heavy atom. The van der Waals surface area contributed by atoms with Crippen molar-refractivity contribution in [1.29, 1.82) is 5.26 Å². The second kappa shape index (κ2) is 8.66. The highest BCUT2D eigenvalue weighted by atomic mass is 16.5. The fourth-order valence-electron chi connectivity index (χ4n) is 3.47. The number of hydrogen-bond donors (Lipinski definition) is 1. The average Bonchev–Trinajstić information content (AvgIpc) is 3.30. The third-order valence-electron chi connectivity index (χ3n) is 5.09. The van der Waals surface area contributed by atoms with E-state index in [4.69, 9.17) is 14.5 Å². The summed E-state index contributed by atoms with van der Waals surface area (Å²) in [6.07, 6.45) is 1.72. The molecule has 0 aliphatic carbocycles. The fourth-order valence-corrected chi connectivity index (χ4v) is 3.47. The smallest absolute Gasteiger partial charge is 0.321 e. The van der Waals surface area contributed by atoms with E-state index in [0.717, 1.165) is 24.2 Å². The Balaban J connectivity index is 1.43. The van der Waals surface area contributed by atoms with Gasteiger partial charge in [0.05, 0.1) is 24.7 Å². The van der Waals surface area contributed by atoms with Crippen LogP contribution < -0.4 is 10.1 Å². The molecule has 0 spiro atoms. The number of carbonyl (C=O) groups is 1. The Hall–Kier alpha value is -3.86. The number of hydrogen-bond acceptors (Lipinski definition) is 6. The highest BCUT2D eigenvalue weighted by molar-refractivity contribution is 5.89. The Kier molecular flexibility index (Phi) is 5.61. The molecule has 1 aliphatic rings. The zero-order valence-corrected chi connectivity index (χ0v) is 16.5. The van der Waals surface area contributed by atoms with Gasteiger partial charge < -0.3 is 19.5 Å². The van der Waals surface area contributed by atoms with E-state index in [1.54, 1.807) is 36.3 Å². The summed E-state index contributed by atoms with van der Waals surface area (Å²) < 4.78 is 10.8. The summed E-state index contributed by atoms with van der Waals surface area (Å²) in [7, 11) is 1.61. The van der Waals surface area contributed by atoms with Gasteiger partial charge >= 0.3 is 6.03 Å². The largest absolute Gasteiger partial charge is 0.497 e. The number of benzene rings is 2. The highest BCUT2D eigenvalue weighted by Gasteiger charge is 2.29. The van der Waals surface area contributed by atoms with E-state index in [2.05, 4.69) is 21.5 Å². The summed E-state index contributed by atoms with van der Waals surface area (Å²) in [4.78, 5) is 19.0. The molecule has 1 N–H and O–H groups in total. The van der Waals surface area contributed by atoms with Gasteiger partial charge in [-0.3, -0.25) is 0 Å². The first-order valence-electron chi connectivity index (χ1n) is 9.70. The maximum absolute atomic E-state index is 12.7. The number of methoxy groups -OCH3 is 1. The average molecular weight is 403 g/mol. The molecule has 1 saturated heterocycles. The molecule has 1 aromatic heterocycles. The second-order valence-electron chi connectivity index (χ2n) is 7.09. The number of nitrogens with one attached hydrogen (secondary N) is 1. The van der Waals surface area contributed by atoms with Crippen LogP contribution in [0.25, 0.3) is 11.4 Å². The van der Waals surface area contributed by atoms with E-state index in [-0.39, 0.29) is 11.9 Å². The summed E-state index contributed by atoms with van der Waals surface area (Å²) >= 11 is 0. The molecule has 8 nitrogen and oxygen atoms in total. The molecule has 2 aromatic carbocycles. The first kappa shape index (κ1) is 19.5. The van der Waals surface area contributed by atoms with Crippen molar-refractivity contribution in [2.45, 2.75) is 18.8 Å². The van der Waals surface area contributed by atoms with Crippen LogP contribution in [-0.2, 0) is 0 Å². The van der Waals surface area contributed by atoms with Crippen molar-refractivity contribution in [2.75, 3.05) is 25.5 Å². The van der Waals surface area contributed by atoms with Crippen molar-refractivity contribution in [3.63, 3.8) is 0 Å². The molecule has 30 heavy (non-hydrogen) atoms. The highest BCUT2D eigenvalue weighted by Crippen LogP contribution is 2.29. The summed E-state index contributed by atoms with van der Waals surface area (Å²) in [5.74, 6) is 1.74. The van der Waals surface area contributed by atoms with Crippen molar-refractivity contribution in [2.24, 2.45) is 0 Å². The molecule has 8 heteroatoms. The predicted molar refractivity (Wildman–Crippen MR) is 110 cm³/mol. The number of piperidine rings is 1. The Bertz CT molecular complexity index is 1070. The molecule has 4 rings (SSSR count). The van der Waals surface area contributed by atoms with Gasteiger partial charge in [-0.15, -0.1) is 0 Å². The lowest BCUT2D eigenvalue weighted by atomic mass is 9.98. The van der Waals surface area contributed by atoms with Crippen LogP contribution in [0.4, 0.5) is 10.5 Å². The Labute approximate surface area is 174 Å². The molecule has 1 atom stereocenters. The van der Waals surface area contributed by atoms with Gasteiger partial charge in [-0.25, -0.2) is 4.79 Å². The molecule has 152 valence electrons. The molecule has 0 saturated carbocycles. The Morgan fingerprint density at radius 1 is 1.30 bits per heavy atom. The number of urea groups is 1. The standard InChI is InChI=1S/C22H21N5O3/c1-29-19-6-2-4-16(12-19)20-25-21(30-26-20)17-5-3-11-27(14-17)22(28)24-18-9-7-15(13-23)8-10-18/h2,4,6-10,12,17H,3,5,11,14H2,1H3,(H,24,28). The number of aromatic nitrogens is 2. The van der Waals surface area contributed by atoms with E-state index >= 15 is 0 Å². The number of ether oxygens (including phenoxy) is 1. The van der Waals surface area contributed by atoms with Crippen LogP contribution >= 0.6 is 0 Å². The summed E-state index contributed by atoms with van der Waals surface area (Å²) in [5, 5.41) is 15.9. The number of likely N-dealkylation sites (tertiary alicyclic amines) is 1. The van der Waals surface area contributed by atoms with Crippen molar-refractivity contribution in [3.8, 4) is 23.2 Å². The lowest BCUT2D eigenvalue weighted by molar-refractivity contribution is 0.184. The molecule has 1 aliphatic heterocycles. The number of amides is 2. The van der Waals surface area contributed by atoms with E-state index < -0.39 is 0 Å². The van der Waals surface area contributed by atoms with E-state index in [0.29, 0.717) is 36.1 Å². The van der Waals surface area contributed by atoms with Gasteiger partial charge in [0.2, 0.25) is 11.7 Å². The molecule has 1 fully saturated rings. The third kappa shape index (κ3) is 4.25. The van der Waals surface area contributed by atoms with Gasteiger partial charge in [0.15, 0.2) is 0 Å². The quantitative estimate of drug-likeness (QED) is 0.705. The lowest BCUT2D eigenvalue weighted by Gasteiger charge is -2.31. The van der Waals surface area contributed by atoms with Crippen LogP contribution in [0.1, 0.15) is 30.2 Å². The lowest BCUT2D eigenvalue weighted by Crippen LogP contribution is -2.41. The van der Waals surface area contributed by atoms with E-state index in [1.807, 2.05) is 24.3 Å². The van der Waals surface area contributed by atoms with Crippen molar-refractivity contribution >= 4 is 11.7 Å². The molecule has 3 aromatic rings. The minimum Gasteiger partial charge on any atom is -0.497 e. The zero-order valence-electron chi connectivity index (χ0n) is 16.5. The van der Waals surface area contributed by atoms with Crippen molar-refractivity contribution in [1.82, 2.24) is 15.0 Å². The van der Waals surface area contributed by atoms with Gasteiger partial charge in [-0.05, 0) is 49.2 Å². The monoisotopic (exact) mass is 403 g/mol. The van der Waals surface area contributed by atoms with Gasteiger partial charge in [0, 0.05) is 24.3 Å². The van der Waals surface area contributed by atoms with Crippen LogP contribution in [0.2, 0.25) is 0 Å². The fraction of sp³-hybridized carbons (Fsp3) is 0.273. The van der Waals surface area contributed by atoms with Crippen LogP contribution in [0, 0.1) is 11.3 Å². The molecular formula is C22H21N5O3. The van der Waals surface area contributed by atoms with Crippen molar-refractivity contribution < 1.29 is 14.1 Å². The number of rotatable bonds is 4. The maximum atomic E-state index is 12.7. The van der Waals surface area contributed by atoms with E-state index in [1.165, 1.54) is 0 Å². The topological polar surface area (TPSA) is 104 Å². The normalized spacial score (nSPS) is 16.0. The molecule has 1 unspecified atom stereocenters. The molecule has 2 heterocycles. The minimum atomic E-state index is -0.183. The number of anilines is 1. The third-order valence-corrected chi connectivity index (χ3v) is 5.09. The molecule has 0 radical (unpaired) electrons. The van der Waals surface area contributed by atoms with Gasteiger partial charge in [0.1, 0.15) is 5.75 Å². The number of nitrogens with zero attached hydrogens (tertiary/aromatic N) is 4. The minimum absolute atomic E-state index is 0.0164. The van der Waals surface area contributed by atoms with Crippen LogP contribution in [-0.4, -0.2) is 41.3 Å². The van der Waals surface area contributed by atoms with Crippen LogP contribution in [0.5, 0.6) is 5.75 Å². The maximum Gasteiger partial charge on any atom is 0.321 e. The molecule has 0 bridgehead atoms. The first-order chi connectivity index (χ1) is 14.7. The zero-order chi connectivity index (χ0) is 20.9. The van der Waals surface area contributed by atoms with Crippen LogP contribution in [0.15, 0.2) is 53.1 Å². The predicted octanol–water partition coefficient (Wildman–Crippen LogP) is 4.03.